The molecule has 176 valence electrons. The summed E-state index contributed by atoms with van der Waals surface area (Å²) in [6, 6.07) is 12.2. The van der Waals surface area contributed by atoms with Gasteiger partial charge in [-0.2, -0.15) is 5.26 Å². The third-order valence-corrected chi connectivity index (χ3v) is 6.59. The summed E-state index contributed by atoms with van der Waals surface area (Å²) in [7, 11) is 2.17. The van der Waals surface area contributed by atoms with E-state index >= 15 is 0 Å². The predicted molar refractivity (Wildman–Crippen MR) is 127 cm³/mol. The maximum absolute atomic E-state index is 13.2. The van der Waals surface area contributed by atoms with Gasteiger partial charge in [-0.3, -0.25) is 0 Å². The molecule has 0 radical (unpaired) electrons. The van der Waals surface area contributed by atoms with E-state index in [9.17, 15) is 14.3 Å². The van der Waals surface area contributed by atoms with Crippen LogP contribution in [0.1, 0.15) is 25.0 Å². The number of rotatable bonds is 9. The summed E-state index contributed by atoms with van der Waals surface area (Å²) in [6.07, 6.45) is 0.740. The molecule has 0 spiro atoms. The molecule has 33 heavy (non-hydrogen) atoms. The van der Waals surface area contributed by atoms with Crippen molar-refractivity contribution in [3.8, 4) is 17.6 Å². The fourth-order valence-corrected chi connectivity index (χ4v) is 4.23. The molecule has 0 bridgehead atoms. The van der Waals surface area contributed by atoms with Gasteiger partial charge in [0.05, 0.1) is 41.0 Å². The van der Waals surface area contributed by atoms with Crippen LogP contribution in [0, 0.1) is 11.3 Å². The second-order valence-corrected chi connectivity index (χ2v) is 9.51. The summed E-state index contributed by atoms with van der Waals surface area (Å²) in [5, 5.41) is 9.43. The summed E-state index contributed by atoms with van der Waals surface area (Å²) >= 11 is 0. The highest BCUT2D eigenvalue weighted by molar-refractivity contribution is 7.93. The Morgan fingerprint density at radius 1 is 1.21 bits per heavy atom. The molecule has 1 amide bonds. The third-order valence-electron chi connectivity index (χ3n) is 4.37. The monoisotopic (exact) mass is 472 g/mol. The number of carbonyl (C=O) groups excluding carboxylic acids is 1. The highest BCUT2D eigenvalue weighted by atomic mass is 32.2. The molecule has 0 N–H and O–H groups in total. The van der Waals surface area contributed by atoms with Crippen molar-refractivity contribution in [2.24, 2.45) is 9.36 Å². The van der Waals surface area contributed by atoms with Crippen LogP contribution in [0.5, 0.6) is 11.5 Å². The molecule has 2 rings (SSSR count). The van der Waals surface area contributed by atoms with Gasteiger partial charge in [-0.1, -0.05) is 19.1 Å². The minimum absolute atomic E-state index is 0.131. The molecule has 9 nitrogen and oxygen atoms in total. The highest BCUT2D eigenvalue weighted by Crippen LogP contribution is 2.35. The van der Waals surface area contributed by atoms with Crippen molar-refractivity contribution in [3.63, 3.8) is 0 Å². The molecule has 0 saturated carbocycles. The number of benzene rings is 2. The number of aliphatic imine (C=N–C) groups is 1. The molecule has 0 fully saturated rings. The zero-order valence-electron chi connectivity index (χ0n) is 19.4. The van der Waals surface area contributed by atoms with Crippen LogP contribution in [-0.2, 0) is 21.1 Å². The van der Waals surface area contributed by atoms with Gasteiger partial charge in [0.25, 0.3) is 0 Å². The number of hydrogen-bond acceptors (Lipinski definition) is 7. The molecule has 1 unspecified atom stereocenters. The Bertz CT molecular complexity index is 1180. The first-order valence-corrected chi connectivity index (χ1v) is 11.9. The maximum Gasteiger partial charge on any atom is 0.442 e. The van der Waals surface area contributed by atoms with Gasteiger partial charge in [0, 0.05) is 36.9 Å². The Morgan fingerprint density at radius 2 is 1.97 bits per heavy atom. The summed E-state index contributed by atoms with van der Waals surface area (Å²) in [5.41, 5.74) is 1.51. The molecule has 0 aromatic heterocycles. The largest absolute Gasteiger partial charge is 0.493 e. The van der Waals surface area contributed by atoms with Gasteiger partial charge >= 0.3 is 6.09 Å². The lowest BCUT2D eigenvalue weighted by Crippen LogP contribution is -2.10. The zero-order chi connectivity index (χ0) is 24.4. The van der Waals surface area contributed by atoms with Gasteiger partial charge in [-0.25, -0.2) is 14.0 Å². The van der Waals surface area contributed by atoms with E-state index in [0.29, 0.717) is 27.6 Å². The van der Waals surface area contributed by atoms with Crippen molar-refractivity contribution in [1.82, 2.24) is 4.90 Å². The van der Waals surface area contributed by atoms with E-state index in [-0.39, 0.29) is 19.0 Å². The fraction of sp³-hybridized carbons (Fsp3) is 0.348. The van der Waals surface area contributed by atoms with E-state index < -0.39 is 15.8 Å². The topological polar surface area (TPSA) is 114 Å². The van der Waals surface area contributed by atoms with E-state index in [0.717, 1.165) is 5.56 Å². The van der Waals surface area contributed by atoms with Crippen LogP contribution in [0.25, 0.3) is 0 Å². The molecule has 0 aliphatic heterocycles. The van der Waals surface area contributed by atoms with E-state index in [2.05, 4.69) is 15.4 Å². The summed E-state index contributed by atoms with van der Waals surface area (Å²) in [6.45, 7) is 3.65. The molecule has 1 atom stereocenters. The standard InChI is InChI=1S/C23H28N4O5S/c1-6-31-23(28)26-33(29,7-2)19-10-8-9-17(11-19)15-32-22-13-20(25-16-27(3)4)18(14-24)12-21(22)30-5/h8-13,16H,6-7,15H2,1-5H3/b25-16-. The summed E-state index contributed by atoms with van der Waals surface area (Å²) in [4.78, 5) is 18.3. The van der Waals surface area contributed by atoms with Gasteiger partial charge in [0.2, 0.25) is 0 Å². The minimum Gasteiger partial charge on any atom is -0.493 e. The Kier molecular flexibility index (Phi) is 9.24. The molecule has 0 aliphatic carbocycles. The molecule has 2 aromatic carbocycles. The summed E-state index contributed by atoms with van der Waals surface area (Å²) < 4.78 is 33.2. The molecule has 0 heterocycles. The van der Waals surface area contributed by atoms with Gasteiger partial charge in [0.15, 0.2) is 11.5 Å². The highest BCUT2D eigenvalue weighted by Gasteiger charge is 2.16. The lowest BCUT2D eigenvalue weighted by atomic mass is 10.1. The molecular weight excluding hydrogens is 444 g/mol. The van der Waals surface area contributed by atoms with E-state index in [4.69, 9.17) is 14.2 Å². The second kappa shape index (κ2) is 11.9. The quantitative estimate of drug-likeness (QED) is 0.393. The van der Waals surface area contributed by atoms with Crippen molar-refractivity contribution in [2.45, 2.75) is 25.3 Å². The molecule has 0 aliphatic rings. The number of ether oxygens (including phenoxy) is 3. The van der Waals surface area contributed by atoms with Gasteiger partial charge < -0.3 is 19.1 Å². The first kappa shape index (κ1) is 25.7. The van der Waals surface area contributed by atoms with Crippen LogP contribution < -0.4 is 9.47 Å². The maximum atomic E-state index is 13.2. The smallest absolute Gasteiger partial charge is 0.442 e. The Balaban J connectivity index is 2.35. The number of carbonyl (C=O) groups is 1. The Hall–Kier alpha value is -3.58. The van der Waals surface area contributed by atoms with Crippen molar-refractivity contribution in [1.29, 1.82) is 5.26 Å². The number of nitriles is 1. The normalized spacial score (nSPS) is 12.5. The van der Waals surface area contributed by atoms with Crippen molar-refractivity contribution >= 4 is 27.8 Å². The molecule has 0 saturated heterocycles. The van der Waals surface area contributed by atoms with Crippen LogP contribution in [0.3, 0.4) is 0 Å². The van der Waals surface area contributed by atoms with Crippen molar-refractivity contribution < 1.29 is 23.2 Å². The van der Waals surface area contributed by atoms with Crippen LogP contribution in [-0.4, -0.2) is 55.1 Å². The molecular formula is C23H28N4O5S. The van der Waals surface area contributed by atoms with Gasteiger partial charge in [-0.05, 0) is 24.6 Å². The second-order valence-electron chi connectivity index (χ2n) is 7.00. The van der Waals surface area contributed by atoms with Crippen LogP contribution in [0.2, 0.25) is 0 Å². The molecule has 2 aromatic rings. The average Bonchev–Trinajstić information content (AvgIpc) is 2.81. The van der Waals surface area contributed by atoms with Crippen LogP contribution >= 0.6 is 0 Å². The number of methoxy groups -OCH3 is 1. The zero-order valence-corrected chi connectivity index (χ0v) is 20.2. The third kappa shape index (κ3) is 6.95. The predicted octanol–water partition coefficient (Wildman–Crippen LogP) is 4.37. The van der Waals surface area contributed by atoms with E-state index in [1.165, 1.54) is 7.11 Å². The first-order valence-electron chi connectivity index (χ1n) is 10.2. The number of nitrogens with zero attached hydrogens (tertiary/aromatic N) is 4. The van der Waals surface area contributed by atoms with Gasteiger partial charge in [0.1, 0.15) is 12.7 Å². The fourth-order valence-electron chi connectivity index (χ4n) is 2.74. The lowest BCUT2D eigenvalue weighted by molar-refractivity contribution is 0.164. The summed E-state index contributed by atoms with van der Waals surface area (Å²) in [5.74, 6) is 0.953. The van der Waals surface area contributed by atoms with E-state index in [1.807, 2.05) is 20.2 Å². The van der Waals surface area contributed by atoms with Crippen LogP contribution in [0.4, 0.5) is 10.5 Å². The minimum atomic E-state index is -2.97. The van der Waals surface area contributed by atoms with Gasteiger partial charge in [-0.15, -0.1) is 4.36 Å². The first-order chi connectivity index (χ1) is 15.8. The Labute approximate surface area is 194 Å². The van der Waals surface area contributed by atoms with Crippen molar-refractivity contribution in [3.05, 3.63) is 47.5 Å². The number of hydrogen-bond donors (Lipinski definition) is 0. The number of amides is 1. The van der Waals surface area contributed by atoms with E-state index in [1.54, 1.807) is 55.4 Å². The lowest BCUT2D eigenvalue weighted by Gasteiger charge is -2.14. The van der Waals surface area contributed by atoms with Crippen molar-refractivity contribution in [2.75, 3.05) is 33.6 Å². The molecule has 10 heteroatoms. The van der Waals surface area contributed by atoms with Crippen LogP contribution in [0.15, 0.2) is 50.6 Å². The average molecular weight is 473 g/mol. The Morgan fingerprint density at radius 3 is 2.58 bits per heavy atom. The SMILES string of the molecule is CCOC(=O)N=S(=O)(CC)c1cccc(COc2cc(/N=C\N(C)C)c(C#N)cc2OC)c1.